The summed E-state index contributed by atoms with van der Waals surface area (Å²) in [5.74, 6) is 0. The molecule has 0 heterocycles. The molecule has 0 saturated carbocycles. The zero-order valence-corrected chi connectivity index (χ0v) is 13.2. The maximum atomic E-state index is 3.60. The van der Waals surface area contributed by atoms with Crippen molar-refractivity contribution in [2.24, 2.45) is 0 Å². The predicted octanol–water partition coefficient (Wildman–Crippen LogP) is 4.91. The summed E-state index contributed by atoms with van der Waals surface area (Å²) in [6.07, 6.45) is 6.63. The number of rotatable bonds is 8. The van der Waals surface area contributed by atoms with E-state index in [1.54, 1.807) is 0 Å². The molecular formula is C15H24IN. The van der Waals surface area contributed by atoms with Gasteiger partial charge in [0.25, 0.3) is 0 Å². The summed E-state index contributed by atoms with van der Waals surface area (Å²) in [7, 11) is 0. The number of nitrogens with one attached hydrogen (secondary N) is 1. The minimum absolute atomic E-state index is 0.534. The Bertz CT molecular complexity index is 312. The molecule has 0 aliphatic rings. The maximum absolute atomic E-state index is 3.60. The van der Waals surface area contributed by atoms with Crippen LogP contribution in [0.2, 0.25) is 0 Å². The van der Waals surface area contributed by atoms with E-state index in [9.17, 15) is 0 Å². The average molecular weight is 345 g/mol. The van der Waals surface area contributed by atoms with Crippen molar-refractivity contribution in [3.05, 3.63) is 33.4 Å². The molecule has 0 radical (unpaired) electrons. The van der Waals surface area contributed by atoms with Gasteiger partial charge < -0.3 is 5.32 Å². The van der Waals surface area contributed by atoms with Crippen LogP contribution in [-0.2, 0) is 0 Å². The van der Waals surface area contributed by atoms with Crippen LogP contribution in [0.15, 0.2) is 24.3 Å². The summed E-state index contributed by atoms with van der Waals surface area (Å²) in [5, 5.41) is 3.60. The van der Waals surface area contributed by atoms with Crippen LogP contribution in [0.3, 0.4) is 0 Å². The van der Waals surface area contributed by atoms with Crippen LogP contribution >= 0.6 is 22.6 Å². The highest BCUT2D eigenvalue weighted by atomic mass is 127. The molecule has 2 heteroatoms. The van der Waals surface area contributed by atoms with Gasteiger partial charge in [-0.1, -0.05) is 51.7 Å². The van der Waals surface area contributed by atoms with Crippen molar-refractivity contribution in [3.8, 4) is 0 Å². The van der Waals surface area contributed by atoms with E-state index >= 15 is 0 Å². The molecule has 1 aromatic rings. The topological polar surface area (TPSA) is 12.0 Å². The summed E-state index contributed by atoms with van der Waals surface area (Å²) in [6.45, 7) is 5.50. The van der Waals surface area contributed by atoms with Crippen LogP contribution in [-0.4, -0.2) is 6.54 Å². The van der Waals surface area contributed by atoms with Crippen LogP contribution in [0.4, 0.5) is 0 Å². The Hall–Kier alpha value is -0.0900. The monoisotopic (exact) mass is 345 g/mol. The van der Waals surface area contributed by atoms with E-state index in [-0.39, 0.29) is 0 Å². The van der Waals surface area contributed by atoms with Gasteiger partial charge in [-0.25, -0.2) is 0 Å². The molecule has 17 heavy (non-hydrogen) atoms. The fourth-order valence-corrected chi connectivity index (χ4v) is 2.70. The van der Waals surface area contributed by atoms with Gasteiger partial charge in [0.15, 0.2) is 0 Å². The van der Waals surface area contributed by atoms with Gasteiger partial charge in [-0.3, -0.25) is 0 Å². The molecule has 96 valence electrons. The van der Waals surface area contributed by atoms with Crippen LogP contribution in [0.5, 0.6) is 0 Å². The molecule has 1 nitrogen and oxygen atoms in total. The highest BCUT2D eigenvalue weighted by Gasteiger charge is 2.09. The Morgan fingerprint density at radius 3 is 2.65 bits per heavy atom. The number of hydrogen-bond donors (Lipinski definition) is 1. The second-order valence-electron chi connectivity index (χ2n) is 4.51. The van der Waals surface area contributed by atoms with E-state index in [1.165, 1.54) is 41.2 Å². The molecule has 1 unspecified atom stereocenters. The summed E-state index contributed by atoms with van der Waals surface area (Å²) in [4.78, 5) is 0. The highest BCUT2D eigenvalue weighted by molar-refractivity contribution is 14.1. The third kappa shape index (κ3) is 5.87. The van der Waals surface area contributed by atoms with Gasteiger partial charge in [-0.05, 0) is 53.3 Å². The van der Waals surface area contributed by atoms with Crippen LogP contribution in [0, 0.1) is 3.57 Å². The third-order valence-electron chi connectivity index (χ3n) is 3.05. The largest absolute Gasteiger partial charge is 0.310 e. The molecule has 1 aromatic carbocycles. The molecule has 0 aliphatic heterocycles. The Labute approximate surface area is 120 Å². The van der Waals surface area contributed by atoms with E-state index in [4.69, 9.17) is 0 Å². The fourth-order valence-electron chi connectivity index (χ4n) is 2.13. The summed E-state index contributed by atoms with van der Waals surface area (Å²) in [5.41, 5.74) is 1.44. The smallest absolute Gasteiger partial charge is 0.0320 e. The van der Waals surface area contributed by atoms with Crippen molar-refractivity contribution >= 4 is 22.6 Å². The molecule has 0 spiro atoms. The van der Waals surface area contributed by atoms with Crippen molar-refractivity contribution in [1.82, 2.24) is 5.32 Å². The molecule has 0 saturated heterocycles. The third-order valence-corrected chi connectivity index (χ3v) is 3.72. The van der Waals surface area contributed by atoms with E-state index in [2.05, 4.69) is 66.0 Å². The second kappa shape index (κ2) is 8.92. The van der Waals surface area contributed by atoms with Crippen molar-refractivity contribution in [1.29, 1.82) is 0 Å². The van der Waals surface area contributed by atoms with Crippen molar-refractivity contribution < 1.29 is 0 Å². The van der Waals surface area contributed by atoms with Gasteiger partial charge in [-0.2, -0.15) is 0 Å². The average Bonchev–Trinajstić information content (AvgIpc) is 2.33. The first-order chi connectivity index (χ1) is 8.27. The molecule has 1 N–H and O–H groups in total. The van der Waals surface area contributed by atoms with Crippen LogP contribution in [0.25, 0.3) is 0 Å². The zero-order chi connectivity index (χ0) is 12.5. The van der Waals surface area contributed by atoms with E-state index in [1.807, 2.05) is 0 Å². The molecular weight excluding hydrogens is 321 g/mol. The molecule has 0 aliphatic carbocycles. The maximum Gasteiger partial charge on any atom is 0.0320 e. The van der Waals surface area contributed by atoms with Crippen molar-refractivity contribution in [2.75, 3.05) is 6.54 Å². The molecule has 0 bridgehead atoms. The highest BCUT2D eigenvalue weighted by Crippen LogP contribution is 2.21. The quantitative estimate of drug-likeness (QED) is 0.521. The first-order valence-electron chi connectivity index (χ1n) is 6.76. The number of benzene rings is 1. The lowest BCUT2D eigenvalue weighted by atomic mass is 10.00. The Morgan fingerprint density at radius 1 is 1.18 bits per heavy atom. The molecule has 1 atom stereocenters. The number of halogens is 1. The van der Waals surface area contributed by atoms with E-state index in [0.29, 0.717) is 6.04 Å². The number of hydrogen-bond acceptors (Lipinski definition) is 1. The number of unbranched alkanes of at least 4 members (excludes halogenated alkanes) is 3. The normalized spacial score (nSPS) is 12.6. The Balaban J connectivity index is 2.52. The first-order valence-corrected chi connectivity index (χ1v) is 7.84. The van der Waals surface area contributed by atoms with E-state index in [0.717, 1.165) is 6.54 Å². The molecule has 0 amide bonds. The lowest BCUT2D eigenvalue weighted by molar-refractivity contribution is 0.481. The van der Waals surface area contributed by atoms with Crippen LogP contribution < -0.4 is 5.32 Å². The molecule has 1 rings (SSSR count). The standard InChI is InChI=1S/C15H24IN/c1-3-5-6-7-11-15(17-4-2)13-9-8-10-14(16)12-13/h8-10,12,15,17H,3-7,11H2,1-2H3. The van der Waals surface area contributed by atoms with Gasteiger partial charge in [0.2, 0.25) is 0 Å². The van der Waals surface area contributed by atoms with Crippen LogP contribution in [0.1, 0.15) is 57.6 Å². The minimum atomic E-state index is 0.534. The predicted molar refractivity (Wildman–Crippen MR) is 84.3 cm³/mol. The first kappa shape index (κ1) is 15.0. The summed E-state index contributed by atoms with van der Waals surface area (Å²) in [6, 6.07) is 9.40. The lowest BCUT2D eigenvalue weighted by Gasteiger charge is -2.18. The van der Waals surface area contributed by atoms with Crippen molar-refractivity contribution in [2.45, 2.75) is 52.0 Å². The molecule has 0 fully saturated rings. The van der Waals surface area contributed by atoms with Gasteiger partial charge in [-0.15, -0.1) is 0 Å². The Morgan fingerprint density at radius 2 is 2.00 bits per heavy atom. The van der Waals surface area contributed by atoms with Gasteiger partial charge >= 0.3 is 0 Å². The van der Waals surface area contributed by atoms with Crippen molar-refractivity contribution in [3.63, 3.8) is 0 Å². The lowest BCUT2D eigenvalue weighted by Crippen LogP contribution is -2.20. The molecule has 0 aromatic heterocycles. The second-order valence-corrected chi connectivity index (χ2v) is 5.76. The van der Waals surface area contributed by atoms with E-state index < -0.39 is 0 Å². The zero-order valence-electron chi connectivity index (χ0n) is 11.0. The fraction of sp³-hybridized carbons (Fsp3) is 0.600. The Kier molecular flexibility index (Phi) is 7.86. The minimum Gasteiger partial charge on any atom is -0.310 e. The van der Waals surface area contributed by atoms with Gasteiger partial charge in [0.05, 0.1) is 0 Å². The summed E-state index contributed by atoms with van der Waals surface area (Å²) < 4.78 is 1.33. The van der Waals surface area contributed by atoms with Gasteiger partial charge in [0.1, 0.15) is 0 Å². The summed E-state index contributed by atoms with van der Waals surface area (Å²) >= 11 is 2.39. The van der Waals surface area contributed by atoms with Gasteiger partial charge in [0, 0.05) is 9.61 Å². The SMILES string of the molecule is CCCCCCC(NCC)c1cccc(I)c1.